The van der Waals surface area contributed by atoms with E-state index >= 15 is 0 Å². The molecule has 2 unspecified atom stereocenters. The maximum Gasteiger partial charge on any atom is 0.170 e. The number of likely N-dealkylation sites (tertiary alicyclic amines) is 1. The molecule has 0 bridgehead atoms. The average molecular weight is 287 g/mol. The zero-order chi connectivity index (χ0) is 14.7. The number of aliphatic hydroxyl groups is 1. The smallest absolute Gasteiger partial charge is 0.170 e. The monoisotopic (exact) mass is 287 g/mol. The van der Waals surface area contributed by atoms with Gasteiger partial charge in [-0.15, -0.1) is 5.10 Å². The number of piperidine rings is 1. The van der Waals surface area contributed by atoms with Crippen molar-refractivity contribution < 1.29 is 5.11 Å². The van der Waals surface area contributed by atoms with E-state index in [1.807, 2.05) is 30.3 Å². The zero-order valence-corrected chi connectivity index (χ0v) is 12.3. The lowest BCUT2D eigenvalue weighted by atomic mass is 9.97. The fraction of sp³-hybridized carbons (Fsp3) is 0.533. The normalized spacial score (nSPS) is 23.3. The van der Waals surface area contributed by atoms with Gasteiger partial charge in [0.25, 0.3) is 0 Å². The van der Waals surface area contributed by atoms with E-state index in [4.69, 9.17) is 0 Å². The first-order valence-electron chi connectivity index (χ1n) is 7.49. The molecule has 1 saturated heterocycles. The second-order valence-electron chi connectivity index (χ2n) is 5.63. The maximum atomic E-state index is 9.59. The standard InChI is InChI=1S/C15H21N5O/c1-12-6-5-9-14(11-21)19(12)10-15-16-17-18-20(15)13-7-3-2-4-8-13/h2-4,7-8,12,14,21H,5-6,9-11H2,1H3. The number of benzene rings is 1. The lowest BCUT2D eigenvalue weighted by molar-refractivity contribution is 0.0425. The number of hydrogen-bond donors (Lipinski definition) is 1. The molecule has 2 aromatic rings. The third-order valence-corrected chi connectivity index (χ3v) is 4.26. The van der Waals surface area contributed by atoms with Crippen molar-refractivity contribution in [1.82, 2.24) is 25.1 Å². The Hall–Kier alpha value is -1.79. The van der Waals surface area contributed by atoms with Gasteiger partial charge in [-0.2, -0.15) is 4.68 Å². The molecular formula is C15H21N5O. The summed E-state index contributed by atoms with van der Waals surface area (Å²) in [6.07, 6.45) is 3.36. The molecule has 0 aliphatic carbocycles. The fourth-order valence-corrected chi connectivity index (χ4v) is 3.06. The van der Waals surface area contributed by atoms with Crippen molar-refractivity contribution in [3.63, 3.8) is 0 Å². The van der Waals surface area contributed by atoms with Gasteiger partial charge in [0.2, 0.25) is 0 Å². The third kappa shape index (κ3) is 2.96. The molecule has 1 aliphatic heterocycles. The molecule has 0 spiro atoms. The molecule has 1 aromatic carbocycles. The minimum atomic E-state index is 0.192. The minimum Gasteiger partial charge on any atom is -0.395 e. The highest BCUT2D eigenvalue weighted by Crippen LogP contribution is 2.24. The Balaban J connectivity index is 1.83. The molecule has 1 N–H and O–H groups in total. The second kappa shape index (κ2) is 6.32. The van der Waals surface area contributed by atoms with Crippen LogP contribution in [0, 0.1) is 0 Å². The molecule has 1 aromatic heterocycles. The highest BCUT2D eigenvalue weighted by atomic mass is 16.3. The van der Waals surface area contributed by atoms with Gasteiger partial charge in [-0.3, -0.25) is 4.90 Å². The molecule has 0 radical (unpaired) electrons. The Morgan fingerprint density at radius 3 is 2.81 bits per heavy atom. The first kappa shape index (κ1) is 14.2. The Morgan fingerprint density at radius 2 is 2.05 bits per heavy atom. The highest BCUT2D eigenvalue weighted by Gasteiger charge is 2.28. The van der Waals surface area contributed by atoms with Crippen LogP contribution in [0.15, 0.2) is 30.3 Å². The van der Waals surface area contributed by atoms with Crippen LogP contribution in [0.1, 0.15) is 32.0 Å². The van der Waals surface area contributed by atoms with Crippen LogP contribution in [0.25, 0.3) is 5.69 Å². The average Bonchev–Trinajstić information content (AvgIpc) is 2.98. The van der Waals surface area contributed by atoms with Gasteiger partial charge >= 0.3 is 0 Å². The summed E-state index contributed by atoms with van der Waals surface area (Å²) in [6, 6.07) is 10.5. The topological polar surface area (TPSA) is 67.1 Å². The maximum absolute atomic E-state index is 9.59. The Labute approximate surface area is 124 Å². The Morgan fingerprint density at radius 1 is 1.24 bits per heavy atom. The van der Waals surface area contributed by atoms with E-state index in [-0.39, 0.29) is 12.6 Å². The molecule has 6 heteroatoms. The van der Waals surface area contributed by atoms with Crippen LogP contribution in [0.5, 0.6) is 0 Å². The highest BCUT2D eigenvalue weighted by molar-refractivity contribution is 5.30. The lowest BCUT2D eigenvalue weighted by Gasteiger charge is -2.39. The van der Waals surface area contributed by atoms with E-state index in [0.29, 0.717) is 12.6 Å². The van der Waals surface area contributed by atoms with Gasteiger partial charge in [-0.25, -0.2) is 0 Å². The summed E-state index contributed by atoms with van der Waals surface area (Å²) in [5, 5.41) is 21.7. The molecule has 3 rings (SSSR count). The molecule has 6 nitrogen and oxygen atoms in total. The SMILES string of the molecule is CC1CCCC(CO)N1Cc1nnnn1-c1ccccc1. The van der Waals surface area contributed by atoms with Crippen LogP contribution in [0.4, 0.5) is 0 Å². The predicted molar refractivity (Wildman–Crippen MR) is 78.9 cm³/mol. The van der Waals surface area contributed by atoms with Crippen LogP contribution >= 0.6 is 0 Å². The van der Waals surface area contributed by atoms with Crippen molar-refractivity contribution in [3.8, 4) is 5.69 Å². The number of aliphatic hydroxyl groups excluding tert-OH is 1. The Bertz CT molecular complexity index is 570. The van der Waals surface area contributed by atoms with Crippen molar-refractivity contribution in [3.05, 3.63) is 36.2 Å². The first-order chi connectivity index (χ1) is 10.3. The summed E-state index contributed by atoms with van der Waals surface area (Å²) >= 11 is 0. The van der Waals surface area contributed by atoms with E-state index in [1.165, 1.54) is 6.42 Å². The van der Waals surface area contributed by atoms with Crippen LogP contribution in [0.2, 0.25) is 0 Å². The number of hydrogen-bond acceptors (Lipinski definition) is 5. The first-order valence-corrected chi connectivity index (χ1v) is 7.49. The molecule has 1 fully saturated rings. The largest absolute Gasteiger partial charge is 0.395 e. The van der Waals surface area contributed by atoms with Crippen LogP contribution < -0.4 is 0 Å². The number of tetrazole rings is 1. The van der Waals surface area contributed by atoms with Crippen molar-refractivity contribution in [1.29, 1.82) is 0 Å². The number of rotatable bonds is 4. The van der Waals surface area contributed by atoms with Gasteiger partial charge in [0, 0.05) is 12.1 Å². The third-order valence-electron chi connectivity index (χ3n) is 4.26. The van der Waals surface area contributed by atoms with Crippen LogP contribution in [0.3, 0.4) is 0 Å². The zero-order valence-electron chi connectivity index (χ0n) is 12.3. The summed E-state index contributed by atoms with van der Waals surface area (Å²) in [4.78, 5) is 2.31. The van der Waals surface area contributed by atoms with E-state index in [2.05, 4.69) is 27.3 Å². The second-order valence-corrected chi connectivity index (χ2v) is 5.63. The van der Waals surface area contributed by atoms with E-state index < -0.39 is 0 Å². The van der Waals surface area contributed by atoms with Gasteiger partial charge in [-0.05, 0) is 42.3 Å². The minimum absolute atomic E-state index is 0.192. The molecule has 2 heterocycles. The van der Waals surface area contributed by atoms with Gasteiger partial charge in [-0.1, -0.05) is 24.6 Å². The van der Waals surface area contributed by atoms with Gasteiger partial charge < -0.3 is 5.11 Å². The molecule has 0 saturated carbocycles. The Kier molecular flexibility index (Phi) is 4.26. The van der Waals surface area contributed by atoms with E-state index in [0.717, 1.165) is 24.4 Å². The van der Waals surface area contributed by atoms with E-state index in [1.54, 1.807) is 4.68 Å². The van der Waals surface area contributed by atoms with Gasteiger partial charge in [0.05, 0.1) is 18.8 Å². The lowest BCUT2D eigenvalue weighted by Crippen LogP contribution is -2.46. The summed E-state index contributed by atoms with van der Waals surface area (Å²) in [5.41, 5.74) is 0.961. The van der Waals surface area contributed by atoms with Crippen molar-refractivity contribution in [2.24, 2.45) is 0 Å². The van der Waals surface area contributed by atoms with Crippen LogP contribution in [-0.2, 0) is 6.54 Å². The molecule has 2 atom stereocenters. The fourth-order valence-electron chi connectivity index (χ4n) is 3.06. The molecule has 21 heavy (non-hydrogen) atoms. The van der Waals surface area contributed by atoms with Crippen molar-refractivity contribution in [2.45, 2.75) is 44.8 Å². The summed E-state index contributed by atoms with van der Waals surface area (Å²) < 4.78 is 1.77. The predicted octanol–water partition coefficient (Wildman–Crippen LogP) is 1.40. The number of para-hydroxylation sites is 1. The van der Waals surface area contributed by atoms with E-state index in [9.17, 15) is 5.11 Å². The number of aromatic nitrogens is 4. The summed E-state index contributed by atoms with van der Waals surface area (Å²) in [7, 11) is 0. The number of nitrogens with zero attached hydrogens (tertiary/aromatic N) is 5. The molecule has 0 amide bonds. The summed E-state index contributed by atoms with van der Waals surface area (Å²) in [6.45, 7) is 3.06. The van der Waals surface area contributed by atoms with Crippen molar-refractivity contribution >= 4 is 0 Å². The van der Waals surface area contributed by atoms with Crippen LogP contribution in [-0.4, -0.2) is 48.9 Å². The molecular weight excluding hydrogens is 266 g/mol. The summed E-state index contributed by atoms with van der Waals surface area (Å²) in [5.74, 6) is 0.813. The quantitative estimate of drug-likeness (QED) is 0.920. The van der Waals surface area contributed by atoms with Gasteiger partial charge in [0.15, 0.2) is 5.82 Å². The molecule has 1 aliphatic rings. The molecule has 112 valence electrons. The van der Waals surface area contributed by atoms with Gasteiger partial charge in [0.1, 0.15) is 0 Å². The van der Waals surface area contributed by atoms with Crippen molar-refractivity contribution in [2.75, 3.05) is 6.61 Å².